The number of halogens is 3. The number of sulfone groups is 1. The Bertz CT molecular complexity index is 1660. The number of rotatable bonds is 5. The van der Waals surface area contributed by atoms with Crippen LogP contribution in [0.3, 0.4) is 0 Å². The van der Waals surface area contributed by atoms with Crippen LogP contribution in [-0.4, -0.2) is 36.9 Å². The average Bonchev–Trinajstić information content (AvgIpc) is 3.53. The molecule has 11 heteroatoms. The summed E-state index contributed by atoms with van der Waals surface area (Å²) in [6.07, 6.45) is -3.14. The monoisotopic (exact) mass is 540 g/mol. The van der Waals surface area contributed by atoms with Crippen molar-refractivity contribution in [1.82, 2.24) is 9.78 Å². The third-order valence-corrected chi connectivity index (χ3v) is 7.58. The van der Waals surface area contributed by atoms with E-state index in [9.17, 15) is 26.4 Å². The Hall–Kier alpha value is -3.96. The van der Waals surface area contributed by atoms with Crippen LogP contribution in [0.4, 0.5) is 18.9 Å². The minimum Gasteiger partial charge on any atom is -0.326 e. The third-order valence-electron chi connectivity index (χ3n) is 6.43. The number of fused-ring (bicyclic) bond motifs is 1. The molecule has 0 aliphatic carbocycles. The fraction of sp³-hybridized carbons (Fsp3) is 0.185. The summed E-state index contributed by atoms with van der Waals surface area (Å²) >= 11 is 0. The van der Waals surface area contributed by atoms with Gasteiger partial charge in [-0.15, -0.1) is 0 Å². The van der Waals surface area contributed by atoms with Gasteiger partial charge >= 0.3 is 6.18 Å². The molecule has 0 saturated carbocycles. The fourth-order valence-electron chi connectivity index (χ4n) is 4.63. The molecular weight excluding hydrogens is 517 g/mol. The van der Waals surface area contributed by atoms with Gasteiger partial charge in [0.25, 0.3) is 5.91 Å². The van der Waals surface area contributed by atoms with Crippen LogP contribution >= 0.6 is 0 Å². The van der Waals surface area contributed by atoms with E-state index >= 15 is 0 Å². The number of nitrogens with zero attached hydrogens (tertiary/aromatic N) is 3. The maximum absolute atomic E-state index is 13.6. The molecule has 1 aliphatic rings. The van der Waals surface area contributed by atoms with Crippen molar-refractivity contribution >= 4 is 21.4 Å². The van der Waals surface area contributed by atoms with Crippen molar-refractivity contribution in [3.63, 3.8) is 0 Å². The van der Waals surface area contributed by atoms with Crippen molar-refractivity contribution in [2.75, 3.05) is 17.7 Å². The summed E-state index contributed by atoms with van der Waals surface area (Å²) in [4.78, 5) is 15.2. The van der Waals surface area contributed by atoms with Crippen molar-refractivity contribution < 1.29 is 26.4 Å². The predicted molar refractivity (Wildman–Crippen MR) is 137 cm³/mol. The quantitative estimate of drug-likeness (QED) is 0.398. The Kier molecular flexibility index (Phi) is 6.36. The molecular formula is C27H23F3N4O3S. The SMILES string of the molecule is CS(=O)(=O)c1ccccc1-c1ccc2c(c1)CCN2C(=O)c1cc(C(F)(F)F)nn1-c1cccc(CN)c1. The Balaban J connectivity index is 1.55. The number of hydrogen-bond acceptors (Lipinski definition) is 5. The van der Waals surface area contributed by atoms with Crippen LogP contribution in [0.25, 0.3) is 16.8 Å². The highest BCUT2D eigenvalue weighted by Crippen LogP contribution is 2.36. The largest absolute Gasteiger partial charge is 0.435 e. The lowest BCUT2D eigenvalue weighted by Gasteiger charge is -2.19. The third kappa shape index (κ3) is 4.70. The summed E-state index contributed by atoms with van der Waals surface area (Å²) < 4.78 is 66.3. The lowest BCUT2D eigenvalue weighted by atomic mass is 10.0. The summed E-state index contributed by atoms with van der Waals surface area (Å²) in [5, 5.41) is 3.71. The number of aromatic nitrogens is 2. The van der Waals surface area contributed by atoms with E-state index in [0.717, 1.165) is 22.6 Å². The Morgan fingerprint density at radius 1 is 1.03 bits per heavy atom. The number of amides is 1. The second-order valence-corrected chi connectivity index (χ2v) is 11.0. The summed E-state index contributed by atoms with van der Waals surface area (Å²) in [6, 6.07) is 19.1. The van der Waals surface area contributed by atoms with Gasteiger partial charge in [0.2, 0.25) is 0 Å². The Morgan fingerprint density at radius 2 is 1.79 bits per heavy atom. The summed E-state index contributed by atoms with van der Waals surface area (Å²) in [6.45, 7) is 0.426. The van der Waals surface area contributed by atoms with Gasteiger partial charge < -0.3 is 10.6 Å². The molecule has 0 radical (unpaired) electrons. The molecule has 1 aromatic heterocycles. The van der Waals surface area contributed by atoms with Crippen LogP contribution in [0.1, 0.15) is 27.3 Å². The number of anilines is 1. The highest BCUT2D eigenvalue weighted by atomic mass is 32.2. The molecule has 38 heavy (non-hydrogen) atoms. The zero-order chi connectivity index (χ0) is 27.2. The van der Waals surface area contributed by atoms with Crippen LogP contribution < -0.4 is 10.6 Å². The fourth-order valence-corrected chi connectivity index (χ4v) is 5.54. The van der Waals surface area contributed by atoms with Crippen molar-refractivity contribution in [2.24, 2.45) is 5.73 Å². The second kappa shape index (κ2) is 9.41. The highest BCUT2D eigenvalue weighted by molar-refractivity contribution is 7.90. The molecule has 0 fully saturated rings. The smallest absolute Gasteiger partial charge is 0.326 e. The van der Waals surface area contributed by atoms with Gasteiger partial charge in [-0.2, -0.15) is 18.3 Å². The van der Waals surface area contributed by atoms with Gasteiger partial charge in [0.1, 0.15) is 5.69 Å². The standard InChI is InChI=1S/C27H23F3N4O3S/c1-38(36,37)24-8-3-2-7-21(24)18-9-10-22-19(14-18)11-12-33(22)26(35)23-15-25(27(28,29)30)32-34(23)20-6-4-5-17(13-20)16-31/h2-10,13-15H,11-12,16,31H2,1H3. The van der Waals surface area contributed by atoms with Gasteiger partial charge in [-0.1, -0.05) is 36.4 Å². The van der Waals surface area contributed by atoms with E-state index in [4.69, 9.17) is 5.73 Å². The van der Waals surface area contributed by atoms with Gasteiger partial charge in [0.15, 0.2) is 15.5 Å². The molecule has 0 bridgehead atoms. The lowest BCUT2D eigenvalue weighted by molar-refractivity contribution is -0.141. The van der Waals surface area contributed by atoms with Gasteiger partial charge in [0, 0.05) is 36.7 Å². The predicted octanol–water partition coefficient (Wildman–Crippen LogP) is 4.62. The van der Waals surface area contributed by atoms with Crippen LogP contribution in [-0.2, 0) is 29.0 Å². The van der Waals surface area contributed by atoms with E-state index in [-0.39, 0.29) is 23.7 Å². The zero-order valence-corrected chi connectivity index (χ0v) is 21.1. The number of nitrogens with two attached hydrogens (primary N) is 1. The molecule has 1 aliphatic heterocycles. The Labute approximate surface area is 217 Å². The molecule has 0 atom stereocenters. The van der Waals surface area contributed by atoms with E-state index in [1.54, 1.807) is 54.6 Å². The normalized spacial score (nSPS) is 13.6. The summed E-state index contributed by atoms with van der Waals surface area (Å²) in [5.41, 5.74) is 7.79. The minimum atomic E-state index is -4.74. The van der Waals surface area contributed by atoms with Crippen LogP contribution in [0.2, 0.25) is 0 Å². The maximum Gasteiger partial charge on any atom is 0.435 e. The van der Waals surface area contributed by atoms with E-state index in [1.165, 1.54) is 11.0 Å². The number of carbonyl (C=O) groups is 1. The van der Waals surface area contributed by atoms with Crippen LogP contribution in [0.15, 0.2) is 77.7 Å². The topological polar surface area (TPSA) is 98.3 Å². The van der Waals surface area contributed by atoms with Crippen molar-refractivity contribution in [2.45, 2.75) is 24.0 Å². The highest BCUT2D eigenvalue weighted by Gasteiger charge is 2.38. The minimum absolute atomic E-state index is 0.175. The summed E-state index contributed by atoms with van der Waals surface area (Å²) in [7, 11) is -3.48. The number of carbonyl (C=O) groups excluding carboxylic acids is 1. The Morgan fingerprint density at radius 3 is 2.50 bits per heavy atom. The molecule has 2 heterocycles. The van der Waals surface area contributed by atoms with Gasteiger partial charge in [0.05, 0.1) is 10.6 Å². The molecule has 5 rings (SSSR count). The van der Waals surface area contributed by atoms with E-state index in [1.807, 2.05) is 6.07 Å². The molecule has 196 valence electrons. The average molecular weight is 541 g/mol. The van der Waals surface area contributed by atoms with E-state index < -0.39 is 27.6 Å². The first kappa shape index (κ1) is 25.7. The first-order valence-electron chi connectivity index (χ1n) is 11.7. The first-order chi connectivity index (χ1) is 18.0. The molecule has 0 saturated heterocycles. The molecule has 3 aromatic carbocycles. The number of hydrogen-bond donors (Lipinski definition) is 1. The van der Waals surface area contributed by atoms with Gasteiger partial charge in [-0.25, -0.2) is 13.1 Å². The molecule has 0 unspecified atom stereocenters. The van der Waals surface area contributed by atoms with Crippen LogP contribution in [0.5, 0.6) is 0 Å². The zero-order valence-electron chi connectivity index (χ0n) is 20.2. The summed E-state index contributed by atoms with van der Waals surface area (Å²) in [5.74, 6) is -0.630. The maximum atomic E-state index is 13.6. The lowest BCUT2D eigenvalue weighted by Crippen LogP contribution is -2.30. The van der Waals surface area contributed by atoms with E-state index in [0.29, 0.717) is 34.5 Å². The van der Waals surface area contributed by atoms with E-state index in [2.05, 4.69) is 5.10 Å². The first-order valence-corrected chi connectivity index (χ1v) is 13.6. The molecule has 2 N–H and O–H groups in total. The molecule has 0 spiro atoms. The number of benzene rings is 3. The van der Waals surface area contributed by atoms with Crippen molar-refractivity contribution in [3.8, 4) is 16.8 Å². The van der Waals surface area contributed by atoms with Crippen molar-refractivity contribution in [1.29, 1.82) is 0 Å². The molecule has 7 nitrogen and oxygen atoms in total. The number of alkyl halides is 3. The van der Waals surface area contributed by atoms with Crippen LogP contribution in [0, 0.1) is 0 Å². The van der Waals surface area contributed by atoms with Gasteiger partial charge in [-0.3, -0.25) is 4.79 Å². The second-order valence-electron chi connectivity index (χ2n) is 9.02. The van der Waals surface area contributed by atoms with Gasteiger partial charge in [-0.05, 0) is 53.4 Å². The molecule has 4 aromatic rings. The van der Waals surface area contributed by atoms with Crippen molar-refractivity contribution in [3.05, 3.63) is 95.3 Å². The molecule has 1 amide bonds.